The summed E-state index contributed by atoms with van der Waals surface area (Å²) in [5, 5.41) is 3.20. The van der Waals surface area contributed by atoms with E-state index in [-0.39, 0.29) is 12.1 Å². The Balaban J connectivity index is 2.26. The Hall–Kier alpha value is -0.360. The number of furan rings is 1. The van der Waals surface area contributed by atoms with Crippen LogP contribution in [0, 0.1) is 0 Å². The van der Waals surface area contributed by atoms with Gasteiger partial charge in [0, 0.05) is 19.1 Å². The first kappa shape index (κ1) is 14.1. The lowest BCUT2D eigenvalue weighted by Crippen LogP contribution is -2.51. The van der Waals surface area contributed by atoms with E-state index in [2.05, 4.69) is 40.0 Å². The topological polar surface area (TPSA) is 37.6 Å². The normalized spacial score (nSPS) is 25.8. The number of hydrogen-bond donors (Lipinski definition) is 1. The van der Waals surface area contributed by atoms with Crippen molar-refractivity contribution in [1.82, 2.24) is 10.2 Å². The van der Waals surface area contributed by atoms with Crippen LogP contribution in [0.15, 0.2) is 21.2 Å². The molecule has 4 nitrogen and oxygen atoms in total. The molecule has 2 unspecified atom stereocenters. The molecule has 0 aliphatic carbocycles. The van der Waals surface area contributed by atoms with Crippen LogP contribution in [-0.2, 0) is 4.74 Å². The van der Waals surface area contributed by atoms with E-state index in [1.54, 1.807) is 0 Å². The second-order valence-corrected chi connectivity index (χ2v) is 5.67. The quantitative estimate of drug-likeness (QED) is 0.925. The molecule has 5 heteroatoms. The number of nitrogens with one attached hydrogen (secondary N) is 1. The van der Waals surface area contributed by atoms with E-state index in [1.165, 1.54) is 0 Å². The minimum Gasteiger partial charge on any atom is -0.453 e. The number of halogens is 1. The third-order valence-electron chi connectivity index (χ3n) is 3.34. The van der Waals surface area contributed by atoms with Gasteiger partial charge in [0.2, 0.25) is 0 Å². The van der Waals surface area contributed by atoms with Crippen molar-refractivity contribution in [2.45, 2.75) is 32.0 Å². The predicted octanol–water partition coefficient (Wildman–Crippen LogP) is 2.41. The molecule has 0 radical (unpaired) electrons. The molecule has 0 aromatic carbocycles. The van der Waals surface area contributed by atoms with Crippen LogP contribution in [0.1, 0.15) is 25.6 Å². The summed E-state index contributed by atoms with van der Waals surface area (Å²) < 4.78 is 12.4. The largest absolute Gasteiger partial charge is 0.453 e. The van der Waals surface area contributed by atoms with Gasteiger partial charge in [-0.15, -0.1) is 0 Å². The van der Waals surface area contributed by atoms with Crippen LogP contribution in [0.3, 0.4) is 0 Å². The van der Waals surface area contributed by atoms with Gasteiger partial charge in [-0.25, -0.2) is 0 Å². The lowest BCUT2D eigenvalue weighted by Gasteiger charge is -2.42. The van der Waals surface area contributed by atoms with Crippen LogP contribution in [-0.4, -0.2) is 43.8 Å². The minimum atomic E-state index is 0.129. The van der Waals surface area contributed by atoms with E-state index in [1.807, 2.05) is 19.2 Å². The average Bonchev–Trinajstić information content (AvgIpc) is 2.75. The summed E-state index contributed by atoms with van der Waals surface area (Å²) in [4.78, 5) is 2.44. The third kappa shape index (κ3) is 2.96. The van der Waals surface area contributed by atoms with Crippen LogP contribution < -0.4 is 5.32 Å². The van der Waals surface area contributed by atoms with Crippen molar-refractivity contribution in [2.24, 2.45) is 0 Å². The highest BCUT2D eigenvalue weighted by Gasteiger charge is 2.36. The molecule has 2 heterocycles. The van der Waals surface area contributed by atoms with E-state index in [0.717, 1.165) is 30.1 Å². The lowest BCUT2D eigenvalue weighted by atomic mass is 10.0. The highest BCUT2D eigenvalue weighted by Crippen LogP contribution is 2.33. The standard InChI is InChI=1S/C13H21BrN2O2/c1-9(2)16-6-7-17-11(8-15-3)13(16)10-4-5-12(14)18-10/h4-5,9,11,13,15H,6-8H2,1-3H3. The zero-order chi connectivity index (χ0) is 13.1. The lowest BCUT2D eigenvalue weighted by molar-refractivity contribution is -0.0878. The smallest absolute Gasteiger partial charge is 0.169 e. The Morgan fingerprint density at radius 1 is 1.50 bits per heavy atom. The van der Waals surface area contributed by atoms with Crippen LogP contribution in [0.4, 0.5) is 0 Å². The van der Waals surface area contributed by atoms with E-state index in [0.29, 0.717) is 6.04 Å². The highest BCUT2D eigenvalue weighted by molar-refractivity contribution is 9.10. The van der Waals surface area contributed by atoms with Gasteiger partial charge in [0.05, 0.1) is 18.8 Å². The van der Waals surface area contributed by atoms with E-state index < -0.39 is 0 Å². The van der Waals surface area contributed by atoms with Gasteiger partial charge in [-0.05, 0) is 49.0 Å². The fourth-order valence-electron chi connectivity index (χ4n) is 2.54. The van der Waals surface area contributed by atoms with Gasteiger partial charge in [0.1, 0.15) is 5.76 Å². The first-order valence-electron chi connectivity index (χ1n) is 6.40. The van der Waals surface area contributed by atoms with Crippen LogP contribution in [0.25, 0.3) is 0 Å². The number of hydrogen-bond acceptors (Lipinski definition) is 4. The van der Waals surface area contributed by atoms with Gasteiger partial charge in [-0.1, -0.05) is 0 Å². The first-order chi connectivity index (χ1) is 8.63. The molecule has 18 heavy (non-hydrogen) atoms. The molecular formula is C13H21BrN2O2. The Morgan fingerprint density at radius 3 is 2.83 bits per heavy atom. The van der Waals surface area contributed by atoms with Gasteiger partial charge in [0.15, 0.2) is 4.67 Å². The Morgan fingerprint density at radius 2 is 2.28 bits per heavy atom. The Labute approximate surface area is 117 Å². The minimum absolute atomic E-state index is 0.129. The van der Waals surface area contributed by atoms with Gasteiger partial charge in [-0.3, -0.25) is 4.90 Å². The van der Waals surface area contributed by atoms with Gasteiger partial charge in [0.25, 0.3) is 0 Å². The van der Waals surface area contributed by atoms with Crippen molar-refractivity contribution in [1.29, 1.82) is 0 Å². The van der Waals surface area contributed by atoms with Crippen molar-refractivity contribution in [3.05, 3.63) is 22.6 Å². The number of ether oxygens (including phenoxy) is 1. The maximum atomic E-state index is 5.90. The maximum absolute atomic E-state index is 5.90. The number of likely N-dealkylation sites (N-methyl/N-ethyl adjacent to an activating group) is 1. The molecule has 0 bridgehead atoms. The van der Waals surface area contributed by atoms with E-state index in [4.69, 9.17) is 9.15 Å². The van der Waals surface area contributed by atoms with E-state index >= 15 is 0 Å². The third-order valence-corrected chi connectivity index (χ3v) is 3.77. The molecule has 2 rings (SSSR count). The molecule has 1 aliphatic rings. The molecule has 1 saturated heterocycles. The molecule has 1 aromatic heterocycles. The zero-order valence-corrected chi connectivity index (χ0v) is 12.7. The van der Waals surface area contributed by atoms with Gasteiger partial charge in [-0.2, -0.15) is 0 Å². The van der Waals surface area contributed by atoms with Crippen LogP contribution in [0.5, 0.6) is 0 Å². The molecule has 2 atom stereocenters. The summed E-state index contributed by atoms with van der Waals surface area (Å²) in [6, 6.07) is 4.63. The van der Waals surface area contributed by atoms with Crippen LogP contribution >= 0.6 is 15.9 Å². The fraction of sp³-hybridized carbons (Fsp3) is 0.692. The Kier molecular flexibility index (Phi) is 4.84. The summed E-state index contributed by atoms with van der Waals surface area (Å²) >= 11 is 3.37. The van der Waals surface area contributed by atoms with Crippen molar-refractivity contribution in [3.63, 3.8) is 0 Å². The second-order valence-electron chi connectivity index (χ2n) is 4.89. The van der Waals surface area contributed by atoms with Crippen molar-refractivity contribution >= 4 is 15.9 Å². The molecule has 1 aliphatic heterocycles. The van der Waals surface area contributed by atoms with E-state index in [9.17, 15) is 0 Å². The molecule has 1 aromatic rings. The highest BCUT2D eigenvalue weighted by atomic mass is 79.9. The fourth-order valence-corrected chi connectivity index (χ4v) is 2.86. The van der Waals surface area contributed by atoms with Crippen molar-refractivity contribution in [2.75, 3.05) is 26.7 Å². The van der Waals surface area contributed by atoms with Gasteiger partial charge >= 0.3 is 0 Å². The second kappa shape index (κ2) is 6.19. The number of rotatable bonds is 4. The summed E-state index contributed by atoms with van der Waals surface area (Å²) in [5.74, 6) is 0.968. The SMILES string of the molecule is CNCC1OCCN(C(C)C)C1c1ccc(Br)o1. The summed E-state index contributed by atoms with van der Waals surface area (Å²) in [5.41, 5.74) is 0. The molecule has 102 valence electrons. The molecule has 1 N–H and O–H groups in total. The Bertz CT molecular complexity index is 379. The molecular weight excluding hydrogens is 296 g/mol. The van der Waals surface area contributed by atoms with Gasteiger partial charge < -0.3 is 14.5 Å². The first-order valence-corrected chi connectivity index (χ1v) is 7.20. The summed E-state index contributed by atoms with van der Waals surface area (Å²) in [7, 11) is 1.95. The maximum Gasteiger partial charge on any atom is 0.169 e. The molecule has 0 amide bonds. The zero-order valence-electron chi connectivity index (χ0n) is 11.1. The summed E-state index contributed by atoms with van der Waals surface area (Å²) in [6.07, 6.45) is 0.129. The monoisotopic (exact) mass is 316 g/mol. The van der Waals surface area contributed by atoms with Crippen molar-refractivity contribution in [3.8, 4) is 0 Å². The molecule has 1 fully saturated rings. The van der Waals surface area contributed by atoms with Crippen LogP contribution in [0.2, 0.25) is 0 Å². The van der Waals surface area contributed by atoms with Crippen molar-refractivity contribution < 1.29 is 9.15 Å². The molecule has 0 spiro atoms. The number of nitrogens with zero attached hydrogens (tertiary/aromatic N) is 1. The average molecular weight is 317 g/mol. The predicted molar refractivity (Wildman–Crippen MR) is 74.7 cm³/mol. The number of morpholine rings is 1. The summed E-state index contributed by atoms with van der Waals surface area (Å²) in [6.45, 7) is 6.98. The molecule has 0 saturated carbocycles.